The molecule has 1 saturated heterocycles. The van der Waals surface area contributed by atoms with E-state index in [0.717, 1.165) is 37.0 Å². The molecule has 1 aromatic carbocycles. The molecule has 1 fully saturated rings. The van der Waals surface area contributed by atoms with E-state index < -0.39 is 0 Å². The molecule has 1 aromatic rings. The smallest absolute Gasteiger partial charge is 0.191 e. The highest BCUT2D eigenvalue weighted by molar-refractivity contribution is 14.0. The molecular formula is C22H39ClIN5. The zero-order chi connectivity index (χ0) is 20.6. The quantitative estimate of drug-likeness (QED) is 0.303. The maximum absolute atomic E-state index is 6.12. The van der Waals surface area contributed by atoms with Crippen LogP contribution in [0.15, 0.2) is 29.3 Å². The van der Waals surface area contributed by atoms with Gasteiger partial charge in [-0.2, -0.15) is 0 Å². The van der Waals surface area contributed by atoms with E-state index in [0.29, 0.717) is 5.92 Å². The van der Waals surface area contributed by atoms with E-state index in [2.05, 4.69) is 65.4 Å². The number of guanidine groups is 1. The van der Waals surface area contributed by atoms with Crippen LogP contribution in [0.5, 0.6) is 0 Å². The second-order valence-corrected chi connectivity index (χ2v) is 9.42. The highest BCUT2D eigenvalue weighted by Crippen LogP contribution is 2.22. The number of hydrogen-bond acceptors (Lipinski definition) is 3. The Bertz CT molecular complexity index is 629. The number of benzene rings is 1. The summed E-state index contributed by atoms with van der Waals surface area (Å²) in [5, 5.41) is 7.79. The fraction of sp³-hybridized carbons (Fsp3) is 0.682. The van der Waals surface area contributed by atoms with Gasteiger partial charge in [0.1, 0.15) is 0 Å². The molecule has 1 unspecified atom stereocenters. The van der Waals surface area contributed by atoms with Crippen LogP contribution in [0.2, 0.25) is 5.02 Å². The topological polar surface area (TPSA) is 42.9 Å². The van der Waals surface area contributed by atoms with E-state index in [4.69, 9.17) is 11.6 Å². The number of nitrogens with one attached hydrogen (secondary N) is 2. The van der Waals surface area contributed by atoms with Gasteiger partial charge < -0.3 is 20.4 Å². The Hall–Kier alpha value is -0.570. The Labute approximate surface area is 199 Å². The fourth-order valence-corrected chi connectivity index (χ4v) is 3.83. The zero-order valence-electron chi connectivity index (χ0n) is 18.7. The molecule has 2 N–H and O–H groups in total. The predicted molar refractivity (Wildman–Crippen MR) is 137 cm³/mol. The largest absolute Gasteiger partial charge is 0.356 e. The lowest BCUT2D eigenvalue weighted by Crippen LogP contribution is -2.48. The van der Waals surface area contributed by atoms with Gasteiger partial charge in [-0.3, -0.25) is 4.99 Å². The summed E-state index contributed by atoms with van der Waals surface area (Å²) in [6.07, 6.45) is 0.970. The first kappa shape index (κ1) is 26.5. The Morgan fingerprint density at radius 1 is 1.21 bits per heavy atom. The van der Waals surface area contributed by atoms with Crippen molar-refractivity contribution in [3.05, 3.63) is 34.9 Å². The molecule has 1 aliphatic rings. The van der Waals surface area contributed by atoms with Crippen molar-refractivity contribution in [3.8, 4) is 0 Å². The Kier molecular flexibility index (Phi) is 11.8. The van der Waals surface area contributed by atoms with Gasteiger partial charge in [-0.1, -0.05) is 44.5 Å². The van der Waals surface area contributed by atoms with E-state index in [1.807, 2.05) is 19.2 Å². The molecular weight excluding hydrogens is 497 g/mol. The van der Waals surface area contributed by atoms with Crippen LogP contribution in [0, 0.1) is 11.3 Å². The molecule has 2 rings (SSSR count). The first-order valence-corrected chi connectivity index (χ1v) is 10.7. The molecule has 166 valence electrons. The average molecular weight is 536 g/mol. The van der Waals surface area contributed by atoms with E-state index in [9.17, 15) is 0 Å². The number of likely N-dealkylation sites (N-methyl/N-ethyl adjacent to an activating group) is 1. The van der Waals surface area contributed by atoms with Crippen molar-refractivity contribution < 1.29 is 0 Å². The minimum Gasteiger partial charge on any atom is -0.356 e. The van der Waals surface area contributed by atoms with Crippen LogP contribution in [0.4, 0.5) is 0 Å². The monoisotopic (exact) mass is 535 g/mol. The van der Waals surface area contributed by atoms with E-state index in [1.54, 1.807) is 0 Å². The maximum Gasteiger partial charge on any atom is 0.191 e. The fourth-order valence-electron chi connectivity index (χ4n) is 3.61. The molecule has 0 saturated carbocycles. The average Bonchev–Trinajstić information content (AvgIpc) is 2.63. The highest BCUT2D eigenvalue weighted by Gasteiger charge is 2.20. The van der Waals surface area contributed by atoms with Gasteiger partial charge in [0.15, 0.2) is 5.96 Å². The lowest BCUT2D eigenvalue weighted by atomic mass is 9.86. The van der Waals surface area contributed by atoms with E-state index >= 15 is 0 Å². The van der Waals surface area contributed by atoms with Crippen LogP contribution in [0.3, 0.4) is 0 Å². The molecule has 5 nitrogen and oxygen atoms in total. The van der Waals surface area contributed by atoms with Gasteiger partial charge in [-0.15, -0.1) is 24.0 Å². The highest BCUT2D eigenvalue weighted by atomic mass is 127. The summed E-state index contributed by atoms with van der Waals surface area (Å²) in [5.41, 5.74) is 1.37. The normalized spacial score (nSPS) is 17.5. The molecule has 0 aliphatic carbocycles. The molecule has 29 heavy (non-hydrogen) atoms. The van der Waals surface area contributed by atoms with Gasteiger partial charge in [-0.25, -0.2) is 0 Å². The first-order chi connectivity index (χ1) is 13.3. The number of piperazine rings is 1. The third-order valence-corrected chi connectivity index (χ3v) is 5.55. The molecule has 0 radical (unpaired) electrons. The molecule has 0 amide bonds. The summed E-state index contributed by atoms with van der Waals surface area (Å²) in [6.45, 7) is 14.5. The number of nitrogens with zero attached hydrogens (tertiary/aromatic N) is 3. The number of rotatable bonds is 8. The molecule has 0 aromatic heterocycles. The van der Waals surface area contributed by atoms with Gasteiger partial charge >= 0.3 is 0 Å². The van der Waals surface area contributed by atoms with Crippen LogP contribution in [0.1, 0.15) is 26.3 Å². The van der Waals surface area contributed by atoms with Crippen molar-refractivity contribution >= 4 is 41.5 Å². The van der Waals surface area contributed by atoms with Crippen LogP contribution in [-0.4, -0.2) is 75.7 Å². The van der Waals surface area contributed by atoms with Crippen LogP contribution < -0.4 is 10.6 Å². The zero-order valence-corrected chi connectivity index (χ0v) is 21.8. The Morgan fingerprint density at radius 2 is 1.90 bits per heavy atom. The summed E-state index contributed by atoms with van der Waals surface area (Å²) in [7, 11) is 4.04. The molecule has 0 spiro atoms. The van der Waals surface area contributed by atoms with E-state index in [1.165, 1.54) is 31.7 Å². The maximum atomic E-state index is 6.12. The van der Waals surface area contributed by atoms with E-state index in [-0.39, 0.29) is 29.4 Å². The van der Waals surface area contributed by atoms with Gasteiger partial charge in [0.25, 0.3) is 0 Å². The van der Waals surface area contributed by atoms with Crippen LogP contribution in [0.25, 0.3) is 0 Å². The SMILES string of the molecule is CN=C(NCC(C)CN1CCN(C)CC1)NCC(C)(C)Cc1cccc(Cl)c1.I. The molecule has 0 bridgehead atoms. The summed E-state index contributed by atoms with van der Waals surface area (Å²) in [6, 6.07) is 8.13. The minimum absolute atomic E-state index is 0. The van der Waals surface area contributed by atoms with Crippen LogP contribution >= 0.6 is 35.6 Å². The van der Waals surface area contributed by atoms with Crippen LogP contribution in [-0.2, 0) is 6.42 Å². The number of hydrogen-bond donors (Lipinski definition) is 2. The van der Waals surface area contributed by atoms with Crippen molar-refractivity contribution in [2.75, 3.05) is 59.9 Å². The van der Waals surface area contributed by atoms with Crippen molar-refractivity contribution in [2.45, 2.75) is 27.2 Å². The molecule has 7 heteroatoms. The minimum atomic E-state index is 0. The summed E-state index contributed by atoms with van der Waals surface area (Å²) < 4.78 is 0. The summed E-state index contributed by atoms with van der Waals surface area (Å²) >= 11 is 6.12. The van der Waals surface area contributed by atoms with Crippen molar-refractivity contribution in [2.24, 2.45) is 16.3 Å². The van der Waals surface area contributed by atoms with Crippen molar-refractivity contribution in [3.63, 3.8) is 0 Å². The summed E-state index contributed by atoms with van der Waals surface area (Å²) in [4.78, 5) is 9.36. The standard InChI is InChI=1S/C22H38ClN5.HI/c1-18(16-28-11-9-27(5)10-12-28)15-25-21(24-4)26-17-22(2,3)14-19-7-6-8-20(23)13-19;/h6-8,13,18H,9-12,14-17H2,1-5H3,(H2,24,25,26);1H. The molecule has 1 atom stereocenters. The Morgan fingerprint density at radius 3 is 2.52 bits per heavy atom. The number of halogens is 2. The van der Waals surface area contributed by atoms with Crippen molar-refractivity contribution in [1.29, 1.82) is 0 Å². The molecule has 1 aliphatic heterocycles. The van der Waals surface area contributed by atoms with Gasteiger partial charge in [-0.05, 0) is 42.5 Å². The van der Waals surface area contributed by atoms with Gasteiger partial charge in [0.05, 0.1) is 0 Å². The Balaban J connectivity index is 0.00000420. The first-order valence-electron chi connectivity index (χ1n) is 10.4. The van der Waals surface area contributed by atoms with Gasteiger partial charge in [0, 0.05) is 57.9 Å². The second kappa shape index (κ2) is 13.0. The summed E-state index contributed by atoms with van der Waals surface area (Å²) in [5.74, 6) is 1.46. The second-order valence-electron chi connectivity index (χ2n) is 8.99. The predicted octanol–water partition coefficient (Wildman–Crippen LogP) is 3.58. The lowest BCUT2D eigenvalue weighted by molar-refractivity contribution is 0.139. The lowest BCUT2D eigenvalue weighted by Gasteiger charge is -2.34. The number of aliphatic imine (C=N–C) groups is 1. The third-order valence-electron chi connectivity index (χ3n) is 5.31. The van der Waals surface area contributed by atoms with Crippen molar-refractivity contribution in [1.82, 2.24) is 20.4 Å². The van der Waals surface area contributed by atoms with Gasteiger partial charge in [0.2, 0.25) is 0 Å². The third kappa shape index (κ3) is 10.3. The molecule has 1 heterocycles.